The number of rotatable bonds is 5. The van der Waals surface area contributed by atoms with Crippen LogP contribution in [0.5, 0.6) is 0 Å². The van der Waals surface area contributed by atoms with E-state index in [4.69, 9.17) is 5.26 Å². The van der Waals surface area contributed by atoms with Gasteiger partial charge in [-0.1, -0.05) is 6.42 Å². The highest BCUT2D eigenvalue weighted by molar-refractivity contribution is 5.79. The van der Waals surface area contributed by atoms with Crippen LogP contribution in [-0.2, 0) is 4.79 Å². The van der Waals surface area contributed by atoms with Gasteiger partial charge in [0.15, 0.2) is 0 Å². The summed E-state index contributed by atoms with van der Waals surface area (Å²) in [5.41, 5.74) is -0.875. The first-order chi connectivity index (χ1) is 9.49. The molecule has 0 aromatic carbocycles. The fraction of sp³-hybridized carbons (Fsp3) is 0.786. The Labute approximate surface area is 118 Å². The Bertz CT molecular complexity index is 441. The van der Waals surface area contributed by atoms with E-state index in [0.717, 1.165) is 19.3 Å². The van der Waals surface area contributed by atoms with Crippen molar-refractivity contribution in [3.8, 4) is 6.07 Å². The molecule has 2 aliphatic carbocycles. The summed E-state index contributed by atoms with van der Waals surface area (Å²) in [6.07, 6.45) is 4.36. The Balaban J connectivity index is 1.99. The summed E-state index contributed by atoms with van der Waals surface area (Å²) in [5.74, 6) is -0.852. The number of urea groups is 1. The molecule has 0 radical (unpaired) electrons. The summed E-state index contributed by atoms with van der Waals surface area (Å²) in [4.78, 5) is 25.4. The van der Waals surface area contributed by atoms with Gasteiger partial charge in [-0.15, -0.1) is 0 Å². The largest absolute Gasteiger partial charge is 0.481 e. The Morgan fingerprint density at radius 2 is 2.15 bits per heavy atom. The van der Waals surface area contributed by atoms with Gasteiger partial charge in [0.1, 0.15) is 0 Å². The van der Waals surface area contributed by atoms with Crippen LogP contribution in [0.2, 0.25) is 0 Å². The second kappa shape index (κ2) is 5.70. The van der Waals surface area contributed by atoms with Crippen molar-refractivity contribution in [2.24, 2.45) is 5.41 Å². The van der Waals surface area contributed by atoms with Crippen LogP contribution in [0.15, 0.2) is 0 Å². The average Bonchev–Trinajstić information content (AvgIpc) is 3.16. The van der Waals surface area contributed by atoms with Gasteiger partial charge in [-0.2, -0.15) is 5.26 Å². The first-order valence-corrected chi connectivity index (χ1v) is 7.16. The minimum absolute atomic E-state index is 0.220. The number of aliphatic carboxylic acids is 1. The average molecular weight is 279 g/mol. The molecule has 2 aliphatic rings. The number of carboxylic acids is 1. The zero-order chi connectivity index (χ0) is 14.8. The highest BCUT2D eigenvalue weighted by Crippen LogP contribution is 2.38. The van der Waals surface area contributed by atoms with Crippen LogP contribution >= 0.6 is 0 Å². The molecule has 2 N–H and O–H groups in total. The van der Waals surface area contributed by atoms with Gasteiger partial charge in [-0.25, -0.2) is 4.79 Å². The smallest absolute Gasteiger partial charge is 0.317 e. The Morgan fingerprint density at radius 3 is 2.70 bits per heavy atom. The van der Waals surface area contributed by atoms with Crippen molar-refractivity contribution in [2.75, 3.05) is 6.54 Å². The molecule has 2 rings (SSSR count). The molecule has 6 heteroatoms. The third-order valence-electron chi connectivity index (χ3n) is 4.46. The van der Waals surface area contributed by atoms with Gasteiger partial charge in [0.25, 0.3) is 0 Å². The number of hydrogen-bond donors (Lipinski definition) is 2. The van der Waals surface area contributed by atoms with E-state index in [2.05, 4.69) is 5.32 Å². The van der Waals surface area contributed by atoms with E-state index in [0.29, 0.717) is 25.8 Å². The molecular formula is C14H21N3O3. The van der Waals surface area contributed by atoms with E-state index >= 15 is 0 Å². The molecule has 2 saturated carbocycles. The van der Waals surface area contributed by atoms with Crippen molar-refractivity contribution < 1.29 is 14.7 Å². The van der Waals surface area contributed by atoms with E-state index in [1.807, 2.05) is 6.07 Å². The molecule has 110 valence electrons. The molecule has 0 heterocycles. The molecule has 6 nitrogen and oxygen atoms in total. The van der Waals surface area contributed by atoms with E-state index < -0.39 is 11.4 Å². The normalized spacial score (nSPS) is 28.7. The van der Waals surface area contributed by atoms with Crippen LogP contribution in [0, 0.1) is 16.7 Å². The number of nitriles is 1. The zero-order valence-corrected chi connectivity index (χ0v) is 11.8. The van der Waals surface area contributed by atoms with Gasteiger partial charge < -0.3 is 15.3 Å². The zero-order valence-electron chi connectivity index (χ0n) is 11.8. The Morgan fingerprint density at radius 1 is 1.45 bits per heavy atom. The molecule has 0 bridgehead atoms. The molecule has 0 aliphatic heterocycles. The second-order valence-electron chi connectivity index (χ2n) is 5.95. The number of carboxylic acid groups (broad SMARTS) is 1. The van der Waals surface area contributed by atoms with Gasteiger partial charge >= 0.3 is 12.0 Å². The predicted molar refractivity (Wildman–Crippen MR) is 71.9 cm³/mol. The summed E-state index contributed by atoms with van der Waals surface area (Å²) in [6.45, 7) is 2.12. The topological polar surface area (TPSA) is 93.4 Å². The Hall–Kier alpha value is -1.77. The van der Waals surface area contributed by atoms with Crippen molar-refractivity contribution in [3.05, 3.63) is 0 Å². The minimum atomic E-state index is -0.875. The fourth-order valence-electron chi connectivity index (χ4n) is 2.89. The van der Waals surface area contributed by atoms with Crippen LogP contribution in [0.3, 0.4) is 0 Å². The van der Waals surface area contributed by atoms with Crippen LogP contribution in [-0.4, -0.2) is 40.6 Å². The first-order valence-electron chi connectivity index (χ1n) is 7.16. The van der Waals surface area contributed by atoms with Crippen LogP contribution < -0.4 is 5.32 Å². The first kappa shape index (κ1) is 14.6. The molecule has 2 fully saturated rings. The van der Waals surface area contributed by atoms with Gasteiger partial charge in [-0.05, 0) is 32.6 Å². The van der Waals surface area contributed by atoms with Crippen molar-refractivity contribution in [2.45, 2.75) is 57.5 Å². The Kier molecular flexibility index (Phi) is 4.17. The molecular weight excluding hydrogens is 258 g/mol. The molecule has 2 atom stereocenters. The summed E-state index contributed by atoms with van der Waals surface area (Å²) >= 11 is 0. The highest BCUT2D eigenvalue weighted by Gasteiger charge is 2.46. The monoisotopic (exact) mass is 279 g/mol. The van der Waals surface area contributed by atoms with E-state index in [1.165, 1.54) is 0 Å². The number of nitrogens with one attached hydrogen (secondary N) is 1. The van der Waals surface area contributed by atoms with Crippen LogP contribution in [0.4, 0.5) is 4.79 Å². The molecule has 0 saturated heterocycles. The third-order valence-corrected chi connectivity index (χ3v) is 4.46. The van der Waals surface area contributed by atoms with Crippen LogP contribution in [0.1, 0.15) is 45.4 Å². The fourth-order valence-corrected chi connectivity index (χ4v) is 2.89. The summed E-state index contributed by atoms with van der Waals surface area (Å²) in [6, 6.07) is 1.73. The lowest BCUT2D eigenvalue weighted by Crippen LogP contribution is -2.52. The van der Waals surface area contributed by atoms with Crippen molar-refractivity contribution in [3.63, 3.8) is 0 Å². The van der Waals surface area contributed by atoms with Gasteiger partial charge in [0.05, 0.1) is 17.9 Å². The summed E-state index contributed by atoms with van der Waals surface area (Å²) in [7, 11) is 0. The third kappa shape index (κ3) is 2.87. The van der Waals surface area contributed by atoms with Gasteiger partial charge in [0.2, 0.25) is 0 Å². The lowest BCUT2D eigenvalue weighted by Gasteiger charge is -2.30. The minimum Gasteiger partial charge on any atom is -0.481 e. The maximum atomic E-state index is 12.3. The molecule has 2 amide bonds. The number of hydrogen-bond acceptors (Lipinski definition) is 3. The lowest BCUT2D eigenvalue weighted by molar-refractivity contribution is -0.148. The highest BCUT2D eigenvalue weighted by atomic mass is 16.4. The number of carbonyl (C=O) groups excluding carboxylic acids is 1. The summed E-state index contributed by atoms with van der Waals surface area (Å²) in [5, 5.41) is 20.9. The number of amides is 2. The quantitative estimate of drug-likeness (QED) is 0.801. The van der Waals surface area contributed by atoms with Gasteiger partial charge in [0, 0.05) is 18.6 Å². The standard InChI is InChI=1S/C14H21N3O3/c1-14(12(18)19)7-2-4-11(14)16-13(20)17(9-3-8-15)10-5-6-10/h10-11H,2-7,9H2,1H3,(H,16,20)(H,18,19). The molecule has 20 heavy (non-hydrogen) atoms. The number of carbonyl (C=O) groups is 2. The maximum Gasteiger partial charge on any atom is 0.317 e. The van der Waals surface area contributed by atoms with Crippen LogP contribution in [0.25, 0.3) is 0 Å². The second-order valence-corrected chi connectivity index (χ2v) is 5.95. The number of nitrogens with zero attached hydrogens (tertiary/aromatic N) is 2. The maximum absolute atomic E-state index is 12.3. The molecule has 0 aromatic heterocycles. The predicted octanol–water partition coefficient (Wildman–Crippen LogP) is 1.72. The van der Waals surface area contributed by atoms with E-state index in [9.17, 15) is 14.7 Å². The molecule has 0 spiro atoms. The van der Waals surface area contributed by atoms with Crippen molar-refractivity contribution >= 4 is 12.0 Å². The van der Waals surface area contributed by atoms with Crippen molar-refractivity contribution in [1.29, 1.82) is 5.26 Å². The molecule has 0 aromatic rings. The SMILES string of the molecule is CC1(C(=O)O)CCCC1NC(=O)N(CCC#N)C1CC1. The van der Waals surface area contributed by atoms with Crippen molar-refractivity contribution in [1.82, 2.24) is 10.2 Å². The summed E-state index contributed by atoms with van der Waals surface area (Å²) < 4.78 is 0. The lowest BCUT2D eigenvalue weighted by atomic mass is 9.85. The van der Waals surface area contributed by atoms with E-state index in [1.54, 1.807) is 11.8 Å². The van der Waals surface area contributed by atoms with E-state index in [-0.39, 0.29) is 18.1 Å². The van der Waals surface area contributed by atoms with Gasteiger partial charge in [-0.3, -0.25) is 4.79 Å². The molecule has 2 unspecified atom stereocenters.